The minimum atomic E-state index is -0.581. The molecule has 1 aliphatic carbocycles. The standard InChI is InChI=1S/C27H32FN3O5/c28-22-8-4-1-5-16(22)14-29-25(33)13-19-12-21-20-11-18(31-27(34)30-17-6-2-3-7-17)9-10-23(20)36-26(21)24(15-32)35-19/h1,4-5,8-11,17,19,21,24,26,32H,2-3,6-7,12-15H2,(H,29,33)(H2,30,31,34)/t19-,21-,24+,26+/m1/s1. The average molecular weight is 498 g/mol. The SMILES string of the molecule is O=C(C[C@H]1C[C@@H]2c3cc(NC(=O)NC4CCCC4)ccc3O[C@@H]2[C@H](CO)O1)NCc1ccccc1F. The molecule has 3 aliphatic rings. The van der Waals surface area contributed by atoms with Gasteiger partial charge in [-0.05, 0) is 43.5 Å². The van der Waals surface area contributed by atoms with Crippen LogP contribution >= 0.6 is 0 Å². The van der Waals surface area contributed by atoms with Crippen LogP contribution in [0.25, 0.3) is 0 Å². The molecule has 0 radical (unpaired) electrons. The Kier molecular flexibility index (Phi) is 7.38. The first kappa shape index (κ1) is 24.5. The van der Waals surface area contributed by atoms with Crippen LogP contribution < -0.4 is 20.7 Å². The average Bonchev–Trinajstić information content (AvgIpc) is 3.50. The van der Waals surface area contributed by atoms with Gasteiger partial charge in [0.2, 0.25) is 5.91 Å². The van der Waals surface area contributed by atoms with Crippen LogP contribution in [-0.4, -0.2) is 48.0 Å². The smallest absolute Gasteiger partial charge is 0.319 e. The highest BCUT2D eigenvalue weighted by molar-refractivity contribution is 5.89. The predicted molar refractivity (Wildman–Crippen MR) is 131 cm³/mol. The zero-order chi connectivity index (χ0) is 25.1. The van der Waals surface area contributed by atoms with E-state index in [1.165, 1.54) is 6.07 Å². The second-order valence-corrected chi connectivity index (χ2v) is 9.81. The third-order valence-corrected chi connectivity index (χ3v) is 7.29. The van der Waals surface area contributed by atoms with Gasteiger partial charge < -0.3 is 30.5 Å². The third-order valence-electron chi connectivity index (χ3n) is 7.29. The minimum Gasteiger partial charge on any atom is -0.487 e. The molecule has 2 aromatic carbocycles. The van der Waals surface area contributed by atoms with E-state index in [9.17, 15) is 19.1 Å². The van der Waals surface area contributed by atoms with Crippen LogP contribution in [0.1, 0.15) is 55.6 Å². The first-order valence-electron chi connectivity index (χ1n) is 12.6. The quantitative estimate of drug-likeness (QED) is 0.468. The summed E-state index contributed by atoms with van der Waals surface area (Å²) in [7, 11) is 0. The molecule has 5 rings (SSSR count). The van der Waals surface area contributed by atoms with Crippen LogP contribution in [0.2, 0.25) is 0 Å². The van der Waals surface area contributed by atoms with Crippen LogP contribution in [0.5, 0.6) is 5.75 Å². The fourth-order valence-corrected chi connectivity index (χ4v) is 5.50. The second-order valence-electron chi connectivity index (χ2n) is 9.81. The van der Waals surface area contributed by atoms with Crippen molar-refractivity contribution in [2.45, 2.75) is 75.3 Å². The lowest BCUT2D eigenvalue weighted by molar-refractivity contribution is -0.142. The maximum atomic E-state index is 13.8. The van der Waals surface area contributed by atoms with Gasteiger partial charge in [-0.1, -0.05) is 31.0 Å². The molecule has 0 aromatic heterocycles. The van der Waals surface area contributed by atoms with Crippen molar-refractivity contribution in [3.05, 3.63) is 59.4 Å². The van der Waals surface area contributed by atoms with E-state index >= 15 is 0 Å². The summed E-state index contributed by atoms with van der Waals surface area (Å²) in [6.07, 6.45) is 3.53. The summed E-state index contributed by atoms with van der Waals surface area (Å²) in [4.78, 5) is 25.0. The summed E-state index contributed by atoms with van der Waals surface area (Å²) in [5.74, 6) is -0.0131. The zero-order valence-electron chi connectivity index (χ0n) is 20.0. The van der Waals surface area contributed by atoms with Crippen LogP contribution in [0, 0.1) is 5.82 Å². The van der Waals surface area contributed by atoms with E-state index in [0.29, 0.717) is 23.4 Å². The van der Waals surface area contributed by atoms with Gasteiger partial charge in [-0.2, -0.15) is 0 Å². The molecule has 2 aliphatic heterocycles. The number of fused-ring (bicyclic) bond motifs is 3. The Hall–Kier alpha value is -3.17. The summed E-state index contributed by atoms with van der Waals surface area (Å²) in [6, 6.07) is 11.8. The molecule has 8 nitrogen and oxygen atoms in total. The monoisotopic (exact) mass is 497 g/mol. The van der Waals surface area contributed by atoms with Crippen molar-refractivity contribution in [2.24, 2.45) is 0 Å². The number of carbonyl (C=O) groups is 2. The summed E-state index contributed by atoms with van der Waals surface area (Å²) in [5.41, 5.74) is 2.01. The zero-order valence-corrected chi connectivity index (χ0v) is 20.0. The molecule has 2 fully saturated rings. The van der Waals surface area contributed by atoms with E-state index in [1.807, 2.05) is 12.1 Å². The number of benzene rings is 2. The molecule has 2 heterocycles. The number of anilines is 1. The van der Waals surface area contributed by atoms with Crippen LogP contribution in [0.15, 0.2) is 42.5 Å². The first-order valence-corrected chi connectivity index (χ1v) is 12.6. The van der Waals surface area contributed by atoms with Gasteiger partial charge in [0.1, 0.15) is 23.8 Å². The Morgan fingerprint density at radius 1 is 1.11 bits per heavy atom. The van der Waals surface area contributed by atoms with Crippen molar-refractivity contribution in [1.82, 2.24) is 10.6 Å². The van der Waals surface area contributed by atoms with Gasteiger partial charge in [-0.3, -0.25) is 4.79 Å². The predicted octanol–water partition coefficient (Wildman–Crippen LogP) is 3.59. The number of urea groups is 1. The van der Waals surface area contributed by atoms with Crippen molar-refractivity contribution in [3.8, 4) is 5.75 Å². The minimum absolute atomic E-state index is 0.0880. The third kappa shape index (κ3) is 5.47. The molecule has 3 amide bonds. The molecule has 1 saturated heterocycles. The van der Waals surface area contributed by atoms with Crippen molar-refractivity contribution in [2.75, 3.05) is 11.9 Å². The highest BCUT2D eigenvalue weighted by Gasteiger charge is 2.46. The lowest BCUT2D eigenvalue weighted by atomic mass is 9.84. The number of carbonyl (C=O) groups excluding carboxylic acids is 2. The Morgan fingerprint density at radius 3 is 2.69 bits per heavy atom. The number of hydrogen-bond donors (Lipinski definition) is 4. The molecule has 192 valence electrons. The van der Waals surface area contributed by atoms with Crippen LogP contribution in [0.3, 0.4) is 0 Å². The Morgan fingerprint density at radius 2 is 1.92 bits per heavy atom. The fraction of sp³-hybridized carbons (Fsp3) is 0.481. The van der Waals surface area contributed by atoms with Crippen molar-refractivity contribution in [1.29, 1.82) is 0 Å². The number of aliphatic hydroxyl groups is 1. The Bertz CT molecular complexity index is 1110. The Labute approximate surface area is 209 Å². The van der Waals surface area contributed by atoms with E-state index in [2.05, 4.69) is 16.0 Å². The molecule has 4 atom stereocenters. The van der Waals surface area contributed by atoms with Crippen LogP contribution in [-0.2, 0) is 16.1 Å². The van der Waals surface area contributed by atoms with Crippen molar-refractivity contribution >= 4 is 17.6 Å². The number of amides is 3. The summed E-state index contributed by atoms with van der Waals surface area (Å²) in [6.45, 7) is -0.144. The molecule has 9 heteroatoms. The van der Waals surface area contributed by atoms with E-state index in [0.717, 1.165) is 31.2 Å². The van der Waals surface area contributed by atoms with Gasteiger partial charge >= 0.3 is 6.03 Å². The lowest BCUT2D eigenvalue weighted by Gasteiger charge is -2.37. The van der Waals surface area contributed by atoms with E-state index in [1.54, 1.807) is 24.3 Å². The summed E-state index contributed by atoms with van der Waals surface area (Å²) < 4.78 is 26.0. The van der Waals surface area contributed by atoms with Crippen molar-refractivity contribution in [3.63, 3.8) is 0 Å². The molecular formula is C27H32FN3O5. The van der Waals surface area contributed by atoms with Crippen molar-refractivity contribution < 1.29 is 28.6 Å². The summed E-state index contributed by atoms with van der Waals surface area (Å²) in [5, 5.41) is 18.6. The van der Waals surface area contributed by atoms with E-state index in [4.69, 9.17) is 9.47 Å². The molecular weight excluding hydrogens is 465 g/mol. The maximum Gasteiger partial charge on any atom is 0.319 e. The molecule has 36 heavy (non-hydrogen) atoms. The molecule has 0 unspecified atom stereocenters. The van der Waals surface area contributed by atoms with E-state index < -0.39 is 12.2 Å². The number of rotatable bonds is 7. The molecule has 2 aromatic rings. The Balaban J connectivity index is 1.22. The number of nitrogens with one attached hydrogen (secondary N) is 3. The van der Waals surface area contributed by atoms with Gasteiger partial charge in [0.25, 0.3) is 0 Å². The first-order chi connectivity index (χ1) is 17.5. The molecule has 0 spiro atoms. The molecule has 4 N–H and O–H groups in total. The molecule has 0 bridgehead atoms. The topological polar surface area (TPSA) is 109 Å². The van der Waals surface area contributed by atoms with Gasteiger partial charge in [0.15, 0.2) is 0 Å². The number of aliphatic hydroxyl groups excluding tert-OH is 1. The summed E-state index contributed by atoms with van der Waals surface area (Å²) >= 11 is 0. The normalized spacial score (nSPS) is 24.9. The highest BCUT2D eigenvalue weighted by Crippen LogP contribution is 2.47. The number of hydrogen-bond acceptors (Lipinski definition) is 5. The largest absolute Gasteiger partial charge is 0.487 e. The number of ether oxygens (including phenoxy) is 2. The maximum absolute atomic E-state index is 13.8. The van der Waals surface area contributed by atoms with E-state index in [-0.39, 0.29) is 55.4 Å². The van der Waals surface area contributed by atoms with Gasteiger partial charge in [0.05, 0.1) is 19.1 Å². The van der Waals surface area contributed by atoms with Gasteiger partial charge in [-0.15, -0.1) is 0 Å². The van der Waals surface area contributed by atoms with Gasteiger partial charge in [-0.25, -0.2) is 9.18 Å². The molecule has 1 saturated carbocycles. The second kappa shape index (κ2) is 10.8. The lowest BCUT2D eigenvalue weighted by Crippen LogP contribution is -2.47. The highest BCUT2D eigenvalue weighted by atomic mass is 19.1. The van der Waals surface area contributed by atoms with Crippen LogP contribution in [0.4, 0.5) is 14.9 Å². The number of halogens is 1. The fourth-order valence-electron chi connectivity index (χ4n) is 5.50. The van der Waals surface area contributed by atoms with Gasteiger partial charge in [0, 0.05) is 35.3 Å².